The fraction of sp³-hybridized carbons (Fsp3) is 0.125. The van der Waals surface area contributed by atoms with E-state index < -0.39 is 18.9 Å². The minimum absolute atomic E-state index is 0.120. The molecule has 0 aromatic heterocycles. The van der Waals surface area contributed by atoms with E-state index in [9.17, 15) is 23.3 Å². The topological polar surface area (TPSA) is 94.3 Å². The second-order valence-corrected chi connectivity index (χ2v) is 5.52. The zero-order chi connectivity index (χ0) is 12.5. The summed E-state index contributed by atoms with van der Waals surface area (Å²) >= 11 is 0. The highest BCUT2D eigenvalue weighted by atomic mass is 35.7. The number of rotatable bonds is 3. The normalized spacial score (nSPS) is 11.1. The molecule has 0 atom stereocenters. The van der Waals surface area contributed by atoms with Crippen molar-refractivity contribution >= 4 is 31.7 Å². The monoisotopic (exact) mass is 263 g/mol. The molecular weight excluding hydrogens is 258 g/mol. The molecular formula is C8H6ClNO5S. The summed E-state index contributed by atoms with van der Waals surface area (Å²) in [5.74, 6) is 0. The minimum atomic E-state index is -4.09. The molecule has 8 heteroatoms. The van der Waals surface area contributed by atoms with Gasteiger partial charge in [0, 0.05) is 27.9 Å². The van der Waals surface area contributed by atoms with Crippen molar-refractivity contribution in [1.29, 1.82) is 0 Å². The fourth-order valence-electron chi connectivity index (χ4n) is 1.19. The van der Waals surface area contributed by atoms with Crippen LogP contribution in [0.4, 0.5) is 5.69 Å². The number of nitro benzene ring substituents is 1. The van der Waals surface area contributed by atoms with E-state index >= 15 is 0 Å². The summed E-state index contributed by atoms with van der Waals surface area (Å²) in [5.41, 5.74) is -0.534. The molecule has 1 rings (SSSR count). The third kappa shape index (κ3) is 2.37. The molecule has 86 valence electrons. The third-order valence-electron chi connectivity index (χ3n) is 1.91. The van der Waals surface area contributed by atoms with Crippen LogP contribution >= 0.6 is 10.7 Å². The maximum absolute atomic E-state index is 11.1. The standard InChI is InChI=1S/C8H6ClNO5S/c1-5-2-8(16(9,14)15)6(4-11)3-7(5)10(12)13/h2-4H,1H3. The van der Waals surface area contributed by atoms with Gasteiger partial charge >= 0.3 is 0 Å². The number of hydrogen-bond acceptors (Lipinski definition) is 5. The maximum Gasteiger partial charge on any atom is 0.273 e. The Balaban J connectivity index is 3.63. The number of nitrogens with zero attached hydrogens (tertiary/aromatic N) is 1. The Kier molecular flexibility index (Phi) is 3.30. The Morgan fingerprint density at radius 2 is 2.00 bits per heavy atom. The molecule has 0 saturated heterocycles. The number of nitro groups is 1. The molecule has 0 N–H and O–H groups in total. The maximum atomic E-state index is 11.1. The van der Waals surface area contributed by atoms with Crippen molar-refractivity contribution in [3.05, 3.63) is 33.4 Å². The predicted octanol–water partition coefficient (Wildman–Crippen LogP) is 1.64. The lowest BCUT2D eigenvalue weighted by atomic mass is 10.1. The van der Waals surface area contributed by atoms with Gasteiger partial charge in [0.1, 0.15) is 0 Å². The first-order valence-corrected chi connectivity index (χ1v) is 6.27. The highest BCUT2D eigenvalue weighted by Gasteiger charge is 2.21. The molecule has 0 heterocycles. The number of aldehydes is 1. The van der Waals surface area contributed by atoms with Crippen LogP contribution in [0, 0.1) is 17.0 Å². The van der Waals surface area contributed by atoms with Crippen LogP contribution in [0.25, 0.3) is 0 Å². The second-order valence-electron chi connectivity index (χ2n) is 2.99. The van der Waals surface area contributed by atoms with Crippen LogP contribution in [0.1, 0.15) is 15.9 Å². The first-order chi connectivity index (χ1) is 7.27. The largest absolute Gasteiger partial charge is 0.298 e. The van der Waals surface area contributed by atoms with Gasteiger partial charge in [0.2, 0.25) is 0 Å². The van der Waals surface area contributed by atoms with Crippen LogP contribution in [0.2, 0.25) is 0 Å². The number of hydrogen-bond donors (Lipinski definition) is 0. The lowest BCUT2D eigenvalue weighted by Gasteiger charge is -2.03. The molecule has 0 aliphatic heterocycles. The second kappa shape index (κ2) is 4.18. The van der Waals surface area contributed by atoms with Crippen LogP contribution in [-0.2, 0) is 9.05 Å². The van der Waals surface area contributed by atoms with Crippen molar-refractivity contribution in [3.8, 4) is 0 Å². The smallest absolute Gasteiger partial charge is 0.273 e. The van der Waals surface area contributed by atoms with Crippen molar-refractivity contribution in [2.45, 2.75) is 11.8 Å². The van der Waals surface area contributed by atoms with Gasteiger partial charge in [-0.1, -0.05) is 0 Å². The molecule has 0 bridgehead atoms. The molecule has 1 aromatic rings. The summed E-state index contributed by atoms with van der Waals surface area (Å²) in [4.78, 5) is 20.0. The SMILES string of the molecule is Cc1cc(S(=O)(=O)Cl)c(C=O)cc1[N+](=O)[O-]. The molecule has 0 saturated carbocycles. The molecule has 0 unspecified atom stereocenters. The van der Waals surface area contributed by atoms with E-state index in [4.69, 9.17) is 10.7 Å². The van der Waals surface area contributed by atoms with Gasteiger partial charge in [-0.2, -0.15) is 0 Å². The number of carbonyl (C=O) groups excluding carboxylic acids is 1. The van der Waals surface area contributed by atoms with Crippen LogP contribution in [0.15, 0.2) is 17.0 Å². The van der Waals surface area contributed by atoms with Gasteiger partial charge in [0.05, 0.1) is 9.82 Å². The summed E-state index contributed by atoms with van der Waals surface area (Å²) in [6, 6.07) is 1.89. The summed E-state index contributed by atoms with van der Waals surface area (Å²) < 4.78 is 22.2. The highest BCUT2D eigenvalue weighted by molar-refractivity contribution is 8.13. The summed E-state index contributed by atoms with van der Waals surface area (Å²) in [7, 11) is 0.998. The number of halogens is 1. The molecule has 0 fully saturated rings. The Labute approximate surface area is 95.4 Å². The Bertz CT molecular complexity index is 566. The Morgan fingerprint density at radius 1 is 1.44 bits per heavy atom. The molecule has 6 nitrogen and oxygen atoms in total. The average molecular weight is 264 g/mol. The minimum Gasteiger partial charge on any atom is -0.298 e. The first-order valence-electron chi connectivity index (χ1n) is 3.96. The van der Waals surface area contributed by atoms with Crippen molar-refractivity contribution in [2.24, 2.45) is 0 Å². The van der Waals surface area contributed by atoms with Gasteiger partial charge in [-0.05, 0) is 13.0 Å². The number of aryl methyl sites for hydroxylation is 1. The van der Waals surface area contributed by atoms with Gasteiger partial charge in [-0.15, -0.1) is 0 Å². The van der Waals surface area contributed by atoms with E-state index in [1.54, 1.807) is 0 Å². The molecule has 0 amide bonds. The number of benzene rings is 1. The highest BCUT2D eigenvalue weighted by Crippen LogP contribution is 2.27. The lowest BCUT2D eigenvalue weighted by molar-refractivity contribution is -0.385. The van der Waals surface area contributed by atoms with Crippen molar-refractivity contribution in [1.82, 2.24) is 0 Å². The average Bonchev–Trinajstić information content (AvgIpc) is 2.15. The third-order valence-corrected chi connectivity index (χ3v) is 3.29. The van der Waals surface area contributed by atoms with Crippen molar-refractivity contribution in [3.63, 3.8) is 0 Å². The van der Waals surface area contributed by atoms with Crippen LogP contribution in [-0.4, -0.2) is 19.6 Å². The summed E-state index contributed by atoms with van der Waals surface area (Å²) in [5, 5.41) is 10.6. The van der Waals surface area contributed by atoms with Crippen LogP contribution < -0.4 is 0 Å². The van der Waals surface area contributed by atoms with E-state index in [0.717, 1.165) is 12.1 Å². The van der Waals surface area contributed by atoms with Gasteiger partial charge in [-0.25, -0.2) is 8.42 Å². The molecule has 1 aromatic carbocycles. The Morgan fingerprint density at radius 3 is 2.38 bits per heavy atom. The molecule has 16 heavy (non-hydrogen) atoms. The summed E-state index contributed by atoms with van der Waals surface area (Å²) in [6.07, 6.45) is 0.210. The van der Waals surface area contributed by atoms with Crippen LogP contribution in [0.5, 0.6) is 0 Å². The van der Waals surface area contributed by atoms with E-state index in [-0.39, 0.29) is 23.1 Å². The zero-order valence-corrected chi connectivity index (χ0v) is 9.58. The lowest BCUT2D eigenvalue weighted by Crippen LogP contribution is -2.01. The Hall–Kier alpha value is -1.47. The predicted molar refractivity (Wildman–Crippen MR) is 56.3 cm³/mol. The first kappa shape index (κ1) is 12.6. The van der Waals surface area contributed by atoms with Gasteiger partial charge < -0.3 is 0 Å². The van der Waals surface area contributed by atoms with E-state index in [2.05, 4.69) is 0 Å². The van der Waals surface area contributed by atoms with Crippen LogP contribution in [0.3, 0.4) is 0 Å². The van der Waals surface area contributed by atoms with E-state index in [1.165, 1.54) is 6.92 Å². The van der Waals surface area contributed by atoms with Gasteiger partial charge in [-0.3, -0.25) is 14.9 Å². The van der Waals surface area contributed by atoms with Crippen molar-refractivity contribution in [2.75, 3.05) is 0 Å². The van der Waals surface area contributed by atoms with Gasteiger partial charge in [0.15, 0.2) is 6.29 Å². The van der Waals surface area contributed by atoms with Gasteiger partial charge in [0.25, 0.3) is 14.7 Å². The molecule has 0 aliphatic carbocycles. The summed E-state index contributed by atoms with van der Waals surface area (Å²) in [6.45, 7) is 1.36. The zero-order valence-electron chi connectivity index (χ0n) is 8.01. The van der Waals surface area contributed by atoms with Crippen molar-refractivity contribution < 1.29 is 18.1 Å². The van der Waals surface area contributed by atoms with E-state index in [1.807, 2.05) is 0 Å². The number of carbonyl (C=O) groups is 1. The molecule has 0 radical (unpaired) electrons. The van der Waals surface area contributed by atoms with E-state index in [0.29, 0.717) is 0 Å². The molecule has 0 aliphatic rings. The molecule has 0 spiro atoms. The fourth-order valence-corrected chi connectivity index (χ4v) is 2.29. The quantitative estimate of drug-likeness (QED) is 0.358.